The molecule has 0 saturated heterocycles. The number of nitriles is 1. The lowest BCUT2D eigenvalue weighted by molar-refractivity contribution is 0.627. The maximum atomic E-state index is 12.1. The molecule has 1 aromatic carbocycles. The van der Waals surface area contributed by atoms with E-state index in [1.807, 2.05) is 18.2 Å². The number of hydrogen-bond donors (Lipinski definition) is 1. The molecule has 0 atom stereocenters. The van der Waals surface area contributed by atoms with Crippen LogP contribution in [-0.4, -0.2) is 49.3 Å². The molecule has 2 N–H and O–H groups in total. The molecule has 38 heavy (non-hydrogen) atoms. The summed E-state index contributed by atoms with van der Waals surface area (Å²) in [5.41, 5.74) is 10.1. The second-order valence-electron chi connectivity index (χ2n) is 8.39. The first-order chi connectivity index (χ1) is 18.5. The number of nitrogens with zero attached hydrogens (tertiary/aromatic N) is 11. The second kappa shape index (κ2) is 9.03. The van der Waals surface area contributed by atoms with E-state index in [1.165, 1.54) is 15.1 Å². The molecule has 184 valence electrons. The van der Waals surface area contributed by atoms with Gasteiger partial charge in [-0.15, -0.1) is 10.2 Å². The van der Waals surface area contributed by atoms with E-state index in [0.717, 1.165) is 0 Å². The van der Waals surface area contributed by atoms with Gasteiger partial charge in [-0.1, -0.05) is 18.2 Å². The van der Waals surface area contributed by atoms with Crippen molar-refractivity contribution in [2.24, 2.45) is 7.05 Å². The standard InChI is InChI=1S/C25H18N12O/c1-35-13-17(8-9-20(35)38)21-22(16-6-4-5-15(11-16)12-26)30-25(27)37-24(21)29-19(32-37)14-36-23(31-33-34-36)18-7-2-3-10-28-18/h2-11,13H,14H2,1H3,(H2,27,30). The number of rotatable bonds is 5. The first-order valence-electron chi connectivity index (χ1n) is 11.4. The largest absolute Gasteiger partial charge is 0.368 e. The van der Waals surface area contributed by atoms with Crippen LogP contribution in [0.2, 0.25) is 0 Å². The molecule has 0 unspecified atom stereocenters. The number of benzene rings is 1. The van der Waals surface area contributed by atoms with Crippen LogP contribution in [0.5, 0.6) is 0 Å². The fourth-order valence-corrected chi connectivity index (χ4v) is 4.14. The number of tetrazole rings is 1. The smallest absolute Gasteiger partial charge is 0.250 e. The quantitative estimate of drug-likeness (QED) is 0.366. The summed E-state index contributed by atoms with van der Waals surface area (Å²) in [6.45, 7) is 0.145. The summed E-state index contributed by atoms with van der Waals surface area (Å²) in [4.78, 5) is 25.9. The van der Waals surface area contributed by atoms with Gasteiger partial charge in [0.2, 0.25) is 17.3 Å². The molecule has 0 fully saturated rings. The van der Waals surface area contributed by atoms with Gasteiger partial charge in [-0.05, 0) is 40.8 Å². The summed E-state index contributed by atoms with van der Waals surface area (Å²) in [5.74, 6) is 0.950. The van der Waals surface area contributed by atoms with Gasteiger partial charge >= 0.3 is 0 Å². The molecule has 0 spiro atoms. The van der Waals surface area contributed by atoms with E-state index in [1.54, 1.807) is 54.5 Å². The van der Waals surface area contributed by atoms with Crippen molar-refractivity contribution < 1.29 is 0 Å². The molecule has 0 bridgehead atoms. The molecule has 0 aliphatic carbocycles. The van der Waals surface area contributed by atoms with Crippen molar-refractivity contribution in [2.75, 3.05) is 5.73 Å². The number of aromatic nitrogens is 10. The third kappa shape index (κ3) is 3.91. The van der Waals surface area contributed by atoms with Gasteiger partial charge in [0, 0.05) is 36.6 Å². The minimum Gasteiger partial charge on any atom is -0.368 e. The number of anilines is 1. The van der Waals surface area contributed by atoms with Crippen molar-refractivity contribution in [3.8, 4) is 40.0 Å². The fourth-order valence-electron chi connectivity index (χ4n) is 4.14. The van der Waals surface area contributed by atoms with E-state index in [0.29, 0.717) is 50.9 Å². The van der Waals surface area contributed by atoms with Gasteiger partial charge in [-0.2, -0.15) is 9.78 Å². The number of hydrogen-bond acceptors (Lipinski definition) is 10. The maximum absolute atomic E-state index is 12.1. The highest BCUT2D eigenvalue weighted by Gasteiger charge is 2.22. The van der Waals surface area contributed by atoms with Crippen LogP contribution in [0.3, 0.4) is 0 Å². The Bertz CT molecular complexity index is 1910. The molecule has 13 heteroatoms. The van der Waals surface area contributed by atoms with Gasteiger partial charge in [-0.25, -0.2) is 14.6 Å². The molecule has 5 heterocycles. The van der Waals surface area contributed by atoms with E-state index >= 15 is 0 Å². The number of nitrogen functional groups attached to an aromatic ring is 1. The highest BCUT2D eigenvalue weighted by atomic mass is 16.1. The first-order valence-corrected chi connectivity index (χ1v) is 11.4. The summed E-state index contributed by atoms with van der Waals surface area (Å²) in [6.07, 6.45) is 3.36. The first kappa shape index (κ1) is 22.7. The molecular weight excluding hydrogens is 484 g/mol. The summed E-state index contributed by atoms with van der Waals surface area (Å²) in [5, 5.41) is 26.0. The Morgan fingerprint density at radius 3 is 2.74 bits per heavy atom. The van der Waals surface area contributed by atoms with Crippen molar-refractivity contribution in [3.63, 3.8) is 0 Å². The molecule has 6 rings (SSSR count). The monoisotopic (exact) mass is 502 g/mol. The van der Waals surface area contributed by atoms with Gasteiger partial charge in [0.25, 0.3) is 0 Å². The highest BCUT2D eigenvalue weighted by molar-refractivity contribution is 5.90. The Hall–Kier alpha value is -5.77. The average Bonchev–Trinajstić information content (AvgIpc) is 3.58. The summed E-state index contributed by atoms with van der Waals surface area (Å²) in [6, 6.07) is 17.8. The van der Waals surface area contributed by atoms with Crippen molar-refractivity contribution in [1.29, 1.82) is 5.26 Å². The van der Waals surface area contributed by atoms with Crippen LogP contribution >= 0.6 is 0 Å². The third-order valence-electron chi connectivity index (χ3n) is 5.91. The highest BCUT2D eigenvalue weighted by Crippen LogP contribution is 2.34. The molecule has 0 saturated carbocycles. The topological polar surface area (TPSA) is 171 Å². The van der Waals surface area contributed by atoms with E-state index in [9.17, 15) is 10.1 Å². The molecular formula is C25H18N12O. The van der Waals surface area contributed by atoms with Crippen LogP contribution in [0, 0.1) is 11.3 Å². The molecule has 6 aromatic rings. The number of fused-ring (bicyclic) bond motifs is 1. The molecule has 0 aliphatic heterocycles. The predicted molar refractivity (Wildman–Crippen MR) is 136 cm³/mol. The zero-order valence-electron chi connectivity index (χ0n) is 20.0. The SMILES string of the molecule is Cn1cc(-c2c(-c3cccc(C#N)c3)nc(N)n3nc(Cn4nnnc4-c4ccccn4)nc23)ccc1=O. The fraction of sp³-hybridized carbons (Fsp3) is 0.0800. The maximum Gasteiger partial charge on any atom is 0.250 e. The van der Waals surface area contributed by atoms with Crippen LogP contribution in [0.25, 0.3) is 39.5 Å². The molecule has 0 radical (unpaired) electrons. The molecule has 13 nitrogen and oxygen atoms in total. The van der Waals surface area contributed by atoms with Crippen molar-refractivity contribution >= 4 is 11.6 Å². The van der Waals surface area contributed by atoms with E-state index in [-0.39, 0.29) is 18.1 Å². The molecule has 0 aliphatic rings. The average molecular weight is 503 g/mol. The normalized spacial score (nSPS) is 11.1. The van der Waals surface area contributed by atoms with Crippen molar-refractivity contribution in [3.05, 3.63) is 88.7 Å². The van der Waals surface area contributed by atoms with Crippen molar-refractivity contribution in [2.45, 2.75) is 6.54 Å². The zero-order valence-corrected chi connectivity index (χ0v) is 20.0. The Balaban J connectivity index is 1.55. The summed E-state index contributed by atoms with van der Waals surface area (Å²) >= 11 is 0. The number of aryl methyl sites for hydroxylation is 1. The minimum atomic E-state index is -0.163. The van der Waals surface area contributed by atoms with Crippen LogP contribution in [0.4, 0.5) is 5.95 Å². The molecule has 0 amide bonds. The van der Waals surface area contributed by atoms with Gasteiger partial charge in [0.05, 0.1) is 22.9 Å². The summed E-state index contributed by atoms with van der Waals surface area (Å²) < 4.78 is 4.46. The predicted octanol–water partition coefficient (Wildman–Crippen LogP) is 1.71. The Labute approximate surface area is 214 Å². The van der Waals surface area contributed by atoms with Gasteiger partial charge < -0.3 is 10.3 Å². The molecule has 5 aromatic heterocycles. The van der Waals surface area contributed by atoms with Gasteiger partial charge in [0.1, 0.15) is 12.2 Å². The van der Waals surface area contributed by atoms with Crippen molar-refractivity contribution in [1.82, 2.24) is 49.3 Å². The number of pyridine rings is 2. The lowest BCUT2D eigenvalue weighted by Gasteiger charge is -2.13. The Kier molecular flexibility index (Phi) is 5.39. The van der Waals surface area contributed by atoms with Gasteiger partial charge in [0.15, 0.2) is 11.5 Å². The van der Waals surface area contributed by atoms with E-state index in [2.05, 4.69) is 36.7 Å². The lowest BCUT2D eigenvalue weighted by Crippen LogP contribution is -2.14. The Morgan fingerprint density at radius 1 is 1.05 bits per heavy atom. The van der Waals surface area contributed by atoms with Crippen LogP contribution < -0.4 is 11.3 Å². The van der Waals surface area contributed by atoms with Gasteiger partial charge in [-0.3, -0.25) is 9.78 Å². The Morgan fingerprint density at radius 2 is 1.95 bits per heavy atom. The zero-order chi connectivity index (χ0) is 26.2. The van der Waals surface area contributed by atoms with Crippen LogP contribution in [0.1, 0.15) is 11.4 Å². The van der Waals surface area contributed by atoms with E-state index < -0.39 is 0 Å². The summed E-state index contributed by atoms with van der Waals surface area (Å²) in [7, 11) is 1.66. The minimum absolute atomic E-state index is 0.103. The number of nitrogens with two attached hydrogens (primary N) is 1. The van der Waals surface area contributed by atoms with Crippen LogP contribution in [-0.2, 0) is 13.6 Å². The lowest BCUT2D eigenvalue weighted by atomic mass is 10.00. The van der Waals surface area contributed by atoms with Crippen LogP contribution in [0.15, 0.2) is 71.8 Å². The third-order valence-corrected chi connectivity index (χ3v) is 5.91. The second-order valence-corrected chi connectivity index (χ2v) is 8.39. The van der Waals surface area contributed by atoms with E-state index in [4.69, 9.17) is 10.7 Å².